The third-order valence-electron chi connectivity index (χ3n) is 3.75. The first kappa shape index (κ1) is 16.6. The van der Waals surface area contributed by atoms with Crippen molar-refractivity contribution >= 4 is 17.7 Å². The highest BCUT2D eigenvalue weighted by molar-refractivity contribution is 7.98. The monoisotopic (exact) mass is 317 g/mol. The van der Waals surface area contributed by atoms with Crippen LogP contribution in [0, 0.1) is 5.82 Å². The van der Waals surface area contributed by atoms with Gasteiger partial charge in [0.2, 0.25) is 5.91 Å². The number of halogens is 1. The molecule has 0 saturated heterocycles. The third-order valence-corrected chi connectivity index (χ3v) is 4.49. The van der Waals surface area contributed by atoms with Crippen LogP contribution in [0.3, 0.4) is 0 Å². The maximum absolute atomic E-state index is 13.0. The first-order valence-corrected chi connectivity index (χ1v) is 8.33. The third kappa shape index (κ3) is 3.89. The second-order valence-electron chi connectivity index (χ2n) is 5.66. The summed E-state index contributed by atoms with van der Waals surface area (Å²) in [5.41, 5.74) is 1.15. The lowest BCUT2D eigenvalue weighted by molar-refractivity contribution is -0.125. The van der Waals surface area contributed by atoms with Crippen molar-refractivity contribution in [3.05, 3.63) is 65.5 Å². The summed E-state index contributed by atoms with van der Waals surface area (Å²) in [5.74, 6) is -0.373. The predicted octanol–water partition coefficient (Wildman–Crippen LogP) is 4.14. The summed E-state index contributed by atoms with van der Waals surface area (Å²) >= 11 is 1.69. The summed E-state index contributed by atoms with van der Waals surface area (Å²) in [4.78, 5) is 13.6. The molecule has 2 aromatic rings. The second kappa shape index (κ2) is 6.97. The fourth-order valence-corrected chi connectivity index (χ4v) is 2.55. The SMILES string of the molecule is CSc1ccc(CNC(=O)C(C)(C)c2ccc(F)cc2)cc1. The van der Waals surface area contributed by atoms with Gasteiger partial charge in [0.05, 0.1) is 5.41 Å². The minimum Gasteiger partial charge on any atom is -0.351 e. The van der Waals surface area contributed by atoms with E-state index >= 15 is 0 Å². The van der Waals surface area contributed by atoms with Crippen molar-refractivity contribution in [1.29, 1.82) is 0 Å². The van der Waals surface area contributed by atoms with E-state index in [9.17, 15) is 9.18 Å². The first-order valence-electron chi connectivity index (χ1n) is 7.11. The molecule has 0 fully saturated rings. The zero-order valence-corrected chi connectivity index (χ0v) is 13.8. The molecule has 2 rings (SSSR count). The molecular formula is C18H20FNOS. The number of hydrogen-bond donors (Lipinski definition) is 1. The molecule has 0 bridgehead atoms. The van der Waals surface area contributed by atoms with E-state index in [4.69, 9.17) is 0 Å². The van der Waals surface area contributed by atoms with E-state index in [1.54, 1.807) is 23.9 Å². The lowest BCUT2D eigenvalue weighted by atomic mass is 9.83. The topological polar surface area (TPSA) is 29.1 Å². The van der Waals surface area contributed by atoms with E-state index in [-0.39, 0.29) is 11.7 Å². The van der Waals surface area contributed by atoms with E-state index in [1.165, 1.54) is 17.0 Å². The van der Waals surface area contributed by atoms with Crippen molar-refractivity contribution in [1.82, 2.24) is 5.32 Å². The molecule has 1 N–H and O–H groups in total. The fourth-order valence-electron chi connectivity index (χ4n) is 2.14. The quantitative estimate of drug-likeness (QED) is 0.840. The molecule has 22 heavy (non-hydrogen) atoms. The van der Waals surface area contributed by atoms with Gasteiger partial charge >= 0.3 is 0 Å². The molecule has 0 aliphatic rings. The molecule has 0 saturated carbocycles. The van der Waals surface area contributed by atoms with Crippen LogP contribution >= 0.6 is 11.8 Å². The summed E-state index contributed by atoms with van der Waals surface area (Å²) in [6.07, 6.45) is 2.03. The van der Waals surface area contributed by atoms with Crippen LogP contribution in [0.4, 0.5) is 4.39 Å². The Balaban J connectivity index is 2.02. The fraction of sp³-hybridized carbons (Fsp3) is 0.278. The molecule has 0 heterocycles. The standard InChI is InChI=1S/C18H20FNOS/c1-18(2,14-6-8-15(19)9-7-14)17(21)20-12-13-4-10-16(22-3)11-5-13/h4-11H,12H2,1-3H3,(H,20,21). The lowest BCUT2D eigenvalue weighted by Crippen LogP contribution is -2.39. The zero-order chi connectivity index (χ0) is 16.2. The van der Waals surface area contributed by atoms with Crippen LogP contribution in [0.15, 0.2) is 53.4 Å². The number of hydrogen-bond acceptors (Lipinski definition) is 2. The van der Waals surface area contributed by atoms with Gasteiger partial charge in [0.1, 0.15) is 5.82 Å². The summed E-state index contributed by atoms with van der Waals surface area (Å²) in [6.45, 7) is 4.16. The summed E-state index contributed by atoms with van der Waals surface area (Å²) in [7, 11) is 0. The minimum absolute atomic E-state index is 0.0759. The number of thioether (sulfide) groups is 1. The number of amides is 1. The van der Waals surface area contributed by atoms with Gasteiger partial charge in [0.15, 0.2) is 0 Å². The van der Waals surface area contributed by atoms with Crippen molar-refractivity contribution in [2.24, 2.45) is 0 Å². The molecular weight excluding hydrogens is 297 g/mol. The average Bonchev–Trinajstić information content (AvgIpc) is 2.53. The van der Waals surface area contributed by atoms with Crippen LogP contribution in [0.1, 0.15) is 25.0 Å². The Morgan fingerprint density at radius 1 is 1.09 bits per heavy atom. The van der Waals surface area contributed by atoms with E-state index in [0.717, 1.165) is 11.1 Å². The largest absolute Gasteiger partial charge is 0.351 e. The Morgan fingerprint density at radius 3 is 2.23 bits per heavy atom. The van der Waals surface area contributed by atoms with Gasteiger partial charge in [-0.25, -0.2) is 4.39 Å². The first-order chi connectivity index (χ1) is 10.4. The van der Waals surface area contributed by atoms with Gasteiger partial charge in [-0.2, -0.15) is 0 Å². The molecule has 0 unspecified atom stereocenters. The van der Waals surface area contributed by atoms with Crippen molar-refractivity contribution < 1.29 is 9.18 Å². The lowest BCUT2D eigenvalue weighted by Gasteiger charge is -2.24. The van der Waals surface area contributed by atoms with E-state index in [0.29, 0.717) is 6.54 Å². The molecule has 0 radical (unpaired) electrons. The minimum atomic E-state index is -0.701. The number of carbonyl (C=O) groups excluding carboxylic acids is 1. The zero-order valence-electron chi connectivity index (χ0n) is 13.0. The van der Waals surface area contributed by atoms with Gasteiger partial charge in [0, 0.05) is 11.4 Å². The number of carbonyl (C=O) groups is 1. The van der Waals surface area contributed by atoms with Crippen LogP contribution in [-0.2, 0) is 16.8 Å². The van der Waals surface area contributed by atoms with Gasteiger partial charge in [-0.3, -0.25) is 4.79 Å². The Morgan fingerprint density at radius 2 is 1.68 bits per heavy atom. The van der Waals surface area contributed by atoms with E-state index in [2.05, 4.69) is 5.32 Å². The molecule has 0 aliphatic heterocycles. The van der Waals surface area contributed by atoms with Crippen LogP contribution in [0.25, 0.3) is 0 Å². The number of rotatable bonds is 5. The van der Waals surface area contributed by atoms with Crippen molar-refractivity contribution in [3.8, 4) is 0 Å². The Bertz CT molecular complexity index is 635. The van der Waals surface area contributed by atoms with Crippen molar-refractivity contribution in [2.75, 3.05) is 6.26 Å². The van der Waals surface area contributed by atoms with Crippen LogP contribution < -0.4 is 5.32 Å². The molecule has 0 aliphatic carbocycles. The highest BCUT2D eigenvalue weighted by Crippen LogP contribution is 2.24. The number of nitrogens with one attached hydrogen (secondary N) is 1. The number of benzene rings is 2. The van der Waals surface area contributed by atoms with E-state index < -0.39 is 5.41 Å². The van der Waals surface area contributed by atoms with Crippen molar-refractivity contribution in [2.45, 2.75) is 30.7 Å². The second-order valence-corrected chi connectivity index (χ2v) is 6.54. The normalized spacial score (nSPS) is 11.3. The van der Waals surface area contributed by atoms with Gasteiger partial charge in [-0.1, -0.05) is 24.3 Å². The Kier molecular flexibility index (Phi) is 5.24. The Labute approximate surface area is 135 Å². The molecule has 4 heteroatoms. The van der Waals surface area contributed by atoms with Gasteiger partial charge in [-0.15, -0.1) is 11.8 Å². The highest BCUT2D eigenvalue weighted by atomic mass is 32.2. The molecule has 1 amide bonds. The molecule has 0 atom stereocenters. The van der Waals surface area contributed by atoms with Gasteiger partial charge in [0.25, 0.3) is 0 Å². The summed E-state index contributed by atoms with van der Waals surface area (Å²) in [5, 5.41) is 2.95. The maximum Gasteiger partial charge on any atom is 0.230 e. The average molecular weight is 317 g/mol. The van der Waals surface area contributed by atoms with E-state index in [1.807, 2.05) is 44.4 Å². The van der Waals surface area contributed by atoms with Gasteiger partial charge in [-0.05, 0) is 55.5 Å². The Hall–Kier alpha value is -1.81. The van der Waals surface area contributed by atoms with Crippen LogP contribution in [0.2, 0.25) is 0 Å². The summed E-state index contributed by atoms with van der Waals surface area (Å²) in [6, 6.07) is 14.2. The molecule has 0 spiro atoms. The van der Waals surface area contributed by atoms with Crippen LogP contribution in [-0.4, -0.2) is 12.2 Å². The highest BCUT2D eigenvalue weighted by Gasteiger charge is 2.29. The predicted molar refractivity (Wildman–Crippen MR) is 89.5 cm³/mol. The maximum atomic E-state index is 13.0. The molecule has 2 nitrogen and oxygen atoms in total. The smallest absolute Gasteiger partial charge is 0.230 e. The van der Waals surface area contributed by atoms with Crippen LogP contribution in [0.5, 0.6) is 0 Å². The van der Waals surface area contributed by atoms with Crippen molar-refractivity contribution in [3.63, 3.8) is 0 Å². The molecule has 0 aromatic heterocycles. The summed E-state index contributed by atoms with van der Waals surface area (Å²) < 4.78 is 13.0. The molecule has 2 aromatic carbocycles. The molecule has 116 valence electrons. The van der Waals surface area contributed by atoms with Gasteiger partial charge < -0.3 is 5.32 Å².